The topological polar surface area (TPSA) is 108 Å². The van der Waals surface area contributed by atoms with E-state index in [9.17, 15) is 14.4 Å². The summed E-state index contributed by atoms with van der Waals surface area (Å²) in [7, 11) is 2.91. The summed E-state index contributed by atoms with van der Waals surface area (Å²) in [6.45, 7) is 2.34. The molecule has 2 atom stereocenters. The van der Waals surface area contributed by atoms with Gasteiger partial charge in [0.1, 0.15) is 0 Å². The molecule has 3 amide bonds. The van der Waals surface area contributed by atoms with Gasteiger partial charge in [0.25, 0.3) is 0 Å². The van der Waals surface area contributed by atoms with Crippen LogP contribution >= 0.6 is 0 Å². The number of carboxylic acid groups (broad SMARTS) is 1. The highest BCUT2D eigenvalue weighted by Gasteiger charge is 2.42. The number of carbonyl (C=O) groups excluding carboxylic acids is 2. The van der Waals surface area contributed by atoms with E-state index in [1.807, 2.05) is 0 Å². The molecule has 1 heterocycles. The number of nitrogens with one attached hydrogen (secondary N) is 2. The van der Waals surface area contributed by atoms with Crippen LogP contribution in [0.3, 0.4) is 0 Å². The maximum absolute atomic E-state index is 12.0. The lowest BCUT2D eigenvalue weighted by atomic mass is 9.89. The first-order chi connectivity index (χ1) is 9.34. The number of rotatable bonds is 5. The van der Waals surface area contributed by atoms with Crippen LogP contribution in [0, 0.1) is 5.41 Å². The molecule has 0 aromatic heterocycles. The van der Waals surface area contributed by atoms with Crippen LogP contribution in [0.15, 0.2) is 0 Å². The second-order valence-electron chi connectivity index (χ2n) is 5.11. The monoisotopic (exact) mass is 287 g/mol. The van der Waals surface area contributed by atoms with E-state index in [0.717, 1.165) is 0 Å². The highest BCUT2D eigenvalue weighted by atomic mass is 16.5. The maximum atomic E-state index is 12.0. The number of likely N-dealkylation sites (tertiary alicyclic amines) is 1. The highest BCUT2D eigenvalue weighted by molar-refractivity contribution is 5.86. The van der Waals surface area contributed by atoms with Gasteiger partial charge < -0.3 is 25.4 Å². The van der Waals surface area contributed by atoms with Gasteiger partial charge in [-0.1, -0.05) is 0 Å². The molecule has 20 heavy (non-hydrogen) atoms. The molecule has 1 rings (SSSR count). The molecule has 8 heteroatoms. The molecule has 8 nitrogen and oxygen atoms in total. The van der Waals surface area contributed by atoms with Gasteiger partial charge in [0.2, 0.25) is 5.91 Å². The van der Waals surface area contributed by atoms with Crippen molar-refractivity contribution < 1.29 is 24.2 Å². The second-order valence-corrected chi connectivity index (χ2v) is 5.11. The first-order valence-corrected chi connectivity index (χ1v) is 6.33. The van der Waals surface area contributed by atoms with E-state index in [4.69, 9.17) is 9.84 Å². The third kappa shape index (κ3) is 3.60. The van der Waals surface area contributed by atoms with E-state index < -0.39 is 23.5 Å². The van der Waals surface area contributed by atoms with Gasteiger partial charge in [-0.05, 0) is 13.3 Å². The lowest BCUT2D eigenvalue weighted by molar-refractivity contribution is -0.140. The number of carboxylic acids is 1. The fourth-order valence-electron chi connectivity index (χ4n) is 2.20. The first kappa shape index (κ1) is 16.2. The molecule has 0 aromatic rings. The van der Waals surface area contributed by atoms with Crippen LogP contribution in [-0.2, 0) is 14.3 Å². The predicted octanol–water partition coefficient (Wildman–Crippen LogP) is -0.746. The zero-order valence-corrected chi connectivity index (χ0v) is 11.9. The van der Waals surface area contributed by atoms with Crippen molar-refractivity contribution in [3.8, 4) is 0 Å². The molecule has 1 fully saturated rings. The van der Waals surface area contributed by atoms with Crippen LogP contribution in [0.1, 0.15) is 13.3 Å². The summed E-state index contributed by atoms with van der Waals surface area (Å²) in [5.41, 5.74) is -0.633. The quantitative estimate of drug-likeness (QED) is 0.617. The van der Waals surface area contributed by atoms with Gasteiger partial charge in [-0.15, -0.1) is 0 Å². The van der Waals surface area contributed by atoms with E-state index in [1.54, 1.807) is 14.0 Å². The molecule has 1 aliphatic rings. The van der Waals surface area contributed by atoms with E-state index in [-0.39, 0.29) is 19.1 Å². The Kier molecular flexibility index (Phi) is 5.32. The summed E-state index contributed by atoms with van der Waals surface area (Å²) in [6.07, 6.45) is 0.544. The molecule has 0 aliphatic carbocycles. The number of nitrogens with zero attached hydrogens (tertiary/aromatic N) is 1. The summed E-state index contributed by atoms with van der Waals surface area (Å²) in [6, 6.07) is -1.60. The van der Waals surface area contributed by atoms with Crippen LogP contribution in [-0.4, -0.2) is 67.8 Å². The highest BCUT2D eigenvalue weighted by Crippen LogP contribution is 2.29. The van der Waals surface area contributed by atoms with E-state index in [2.05, 4.69) is 10.6 Å². The van der Waals surface area contributed by atoms with Crippen LogP contribution < -0.4 is 10.6 Å². The number of hydrogen-bond acceptors (Lipinski definition) is 4. The molecule has 0 radical (unpaired) electrons. The first-order valence-electron chi connectivity index (χ1n) is 6.33. The Balaban J connectivity index is 2.62. The number of amides is 3. The van der Waals surface area contributed by atoms with Crippen molar-refractivity contribution in [2.24, 2.45) is 5.41 Å². The minimum Gasteiger partial charge on any atom is -0.480 e. The Hall–Kier alpha value is -1.83. The average molecular weight is 287 g/mol. The van der Waals surface area contributed by atoms with E-state index in [1.165, 1.54) is 12.0 Å². The normalized spacial score (nSPS) is 23.2. The standard InChI is InChI=1S/C12H21N3O5/c1-12(10(18)13-2)4-5-15(7-12)11(19)14-8(6-20-3)9(16)17/h8H,4-7H2,1-3H3,(H,13,18)(H,14,19)(H,16,17). The predicted molar refractivity (Wildman–Crippen MR) is 70.2 cm³/mol. The summed E-state index contributed by atoms with van der Waals surface area (Å²) in [4.78, 5) is 36.1. The third-order valence-corrected chi connectivity index (χ3v) is 3.46. The number of aliphatic carboxylic acids is 1. The van der Waals surface area contributed by atoms with Crippen LogP contribution in [0.5, 0.6) is 0 Å². The largest absolute Gasteiger partial charge is 0.480 e. The number of methoxy groups -OCH3 is 1. The Labute approximate surface area is 117 Å². The van der Waals surface area contributed by atoms with E-state index in [0.29, 0.717) is 13.0 Å². The van der Waals surface area contributed by atoms with Crippen molar-refractivity contribution in [1.29, 1.82) is 0 Å². The van der Waals surface area contributed by atoms with Crippen molar-refractivity contribution in [2.45, 2.75) is 19.4 Å². The lowest BCUT2D eigenvalue weighted by Gasteiger charge is -2.24. The van der Waals surface area contributed by atoms with Gasteiger partial charge in [0.05, 0.1) is 12.0 Å². The molecule has 0 saturated carbocycles. The molecular weight excluding hydrogens is 266 g/mol. The molecule has 1 saturated heterocycles. The average Bonchev–Trinajstić information content (AvgIpc) is 2.81. The van der Waals surface area contributed by atoms with Crippen LogP contribution in [0.4, 0.5) is 4.79 Å². The SMILES string of the molecule is CNC(=O)C1(C)CCN(C(=O)NC(COC)C(=O)O)C1. The fourth-order valence-corrected chi connectivity index (χ4v) is 2.20. The second kappa shape index (κ2) is 6.56. The van der Waals surface area contributed by atoms with E-state index >= 15 is 0 Å². The van der Waals surface area contributed by atoms with Crippen LogP contribution in [0.2, 0.25) is 0 Å². The Morgan fingerprint density at radius 3 is 2.60 bits per heavy atom. The minimum atomic E-state index is -1.16. The molecule has 0 aromatic carbocycles. The zero-order chi connectivity index (χ0) is 15.3. The molecule has 0 spiro atoms. The van der Waals surface area contributed by atoms with Gasteiger partial charge in [0.15, 0.2) is 6.04 Å². The Morgan fingerprint density at radius 1 is 1.45 bits per heavy atom. The molecule has 114 valence electrons. The molecule has 3 N–H and O–H groups in total. The van der Waals surface area contributed by atoms with Crippen molar-refractivity contribution in [3.05, 3.63) is 0 Å². The molecule has 0 bridgehead atoms. The summed E-state index contributed by atoms with van der Waals surface area (Å²) in [5.74, 6) is -1.28. The summed E-state index contributed by atoms with van der Waals surface area (Å²) in [5, 5.41) is 13.9. The molecule has 1 aliphatic heterocycles. The van der Waals surface area contributed by atoms with Crippen molar-refractivity contribution in [2.75, 3.05) is 33.9 Å². The maximum Gasteiger partial charge on any atom is 0.328 e. The van der Waals surface area contributed by atoms with Crippen LogP contribution in [0.25, 0.3) is 0 Å². The van der Waals surface area contributed by atoms with Gasteiger partial charge in [-0.25, -0.2) is 9.59 Å². The lowest BCUT2D eigenvalue weighted by Crippen LogP contribution is -2.50. The number of hydrogen-bond donors (Lipinski definition) is 3. The van der Waals surface area contributed by atoms with Crippen molar-refractivity contribution in [1.82, 2.24) is 15.5 Å². The third-order valence-electron chi connectivity index (χ3n) is 3.46. The number of ether oxygens (including phenoxy) is 1. The zero-order valence-electron chi connectivity index (χ0n) is 11.9. The number of urea groups is 1. The Bertz CT molecular complexity index is 401. The van der Waals surface area contributed by atoms with Gasteiger partial charge in [-0.2, -0.15) is 0 Å². The van der Waals surface area contributed by atoms with Gasteiger partial charge >= 0.3 is 12.0 Å². The summed E-state index contributed by atoms with van der Waals surface area (Å²) < 4.78 is 4.75. The van der Waals surface area contributed by atoms with Gasteiger partial charge in [-0.3, -0.25) is 4.79 Å². The number of carbonyl (C=O) groups is 3. The van der Waals surface area contributed by atoms with Gasteiger partial charge in [0, 0.05) is 27.2 Å². The summed E-state index contributed by atoms with van der Waals surface area (Å²) >= 11 is 0. The fraction of sp³-hybridized carbons (Fsp3) is 0.750. The molecular formula is C12H21N3O5. The molecule has 2 unspecified atom stereocenters. The smallest absolute Gasteiger partial charge is 0.328 e. The minimum absolute atomic E-state index is 0.109. The van der Waals surface area contributed by atoms with Crippen molar-refractivity contribution >= 4 is 17.9 Å². The Morgan fingerprint density at radius 2 is 2.10 bits per heavy atom. The van der Waals surface area contributed by atoms with Crippen molar-refractivity contribution in [3.63, 3.8) is 0 Å².